The van der Waals surface area contributed by atoms with Gasteiger partial charge in [0, 0.05) is 28.5 Å². The molecular formula is C20H22BrN5OS. The molecule has 0 spiro atoms. The third-order valence-corrected chi connectivity index (χ3v) is 6.53. The molecule has 0 aromatic carbocycles. The number of nitrogens with one attached hydrogen (secondary N) is 2. The van der Waals surface area contributed by atoms with Crippen molar-refractivity contribution in [3.8, 4) is 0 Å². The molecule has 8 heteroatoms. The van der Waals surface area contributed by atoms with Gasteiger partial charge in [0.2, 0.25) is 0 Å². The van der Waals surface area contributed by atoms with Gasteiger partial charge in [0.05, 0.1) is 17.7 Å². The first kappa shape index (κ1) is 19.3. The number of nitrogens with two attached hydrogens (primary N) is 1. The van der Waals surface area contributed by atoms with Gasteiger partial charge in [-0.05, 0) is 65.2 Å². The van der Waals surface area contributed by atoms with Gasteiger partial charge in [-0.15, -0.1) is 11.3 Å². The van der Waals surface area contributed by atoms with E-state index in [1.54, 1.807) is 17.5 Å². The standard InChI is InChI=1S/C20H22BrN5OS/c21-19-15-4-1-9-23-16(15)17(25-13-7-5-12(22)6-8-13)18(26-19)20(27)24-11-14-3-2-10-28-14/h1-4,9-10,12-13,25H,5-8,11,22H2,(H,24,27). The minimum atomic E-state index is -0.211. The Morgan fingerprint density at radius 2 is 2.07 bits per heavy atom. The second-order valence-corrected chi connectivity index (χ2v) is 8.83. The summed E-state index contributed by atoms with van der Waals surface area (Å²) < 4.78 is 0.619. The number of aromatic nitrogens is 2. The minimum Gasteiger partial charge on any atom is -0.379 e. The molecule has 1 amide bonds. The second kappa shape index (κ2) is 8.55. The number of fused-ring (bicyclic) bond motifs is 1. The third-order valence-electron chi connectivity index (χ3n) is 5.05. The monoisotopic (exact) mass is 459 g/mol. The number of nitrogens with zero attached hydrogens (tertiary/aromatic N) is 2. The number of carbonyl (C=O) groups excluding carboxylic acids is 1. The van der Waals surface area contributed by atoms with E-state index in [2.05, 4.69) is 36.5 Å². The molecule has 0 bridgehead atoms. The van der Waals surface area contributed by atoms with Crippen molar-refractivity contribution < 1.29 is 4.79 Å². The quantitative estimate of drug-likeness (QED) is 0.500. The molecule has 3 aromatic rings. The molecule has 28 heavy (non-hydrogen) atoms. The lowest BCUT2D eigenvalue weighted by atomic mass is 9.91. The fraction of sp³-hybridized carbons (Fsp3) is 0.350. The van der Waals surface area contributed by atoms with Gasteiger partial charge in [-0.3, -0.25) is 9.78 Å². The number of rotatable bonds is 5. The average Bonchev–Trinajstić information content (AvgIpc) is 3.23. The molecule has 3 heterocycles. The van der Waals surface area contributed by atoms with Crippen molar-refractivity contribution in [2.45, 2.75) is 44.3 Å². The van der Waals surface area contributed by atoms with Crippen LogP contribution in [0.2, 0.25) is 0 Å². The first-order valence-electron chi connectivity index (χ1n) is 9.38. The fourth-order valence-corrected chi connectivity index (χ4v) is 4.67. The number of anilines is 1. The Kier molecular flexibility index (Phi) is 5.89. The van der Waals surface area contributed by atoms with Crippen molar-refractivity contribution in [1.82, 2.24) is 15.3 Å². The Hall–Kier alpha value is -2.03. The summed E-state index contributed by atoms with van der Waals surface area (Å²) in [7, 11) is 0. The summed E-state index contributed by atoms with van der Waals surface area (Å²) in [6.45, 7) is 0.480. The zero-order chi connectivity index (χ0) is 19.5. The topological polar surface area (TPSA) is 92.9 Å². The second-order valence-electron chi connectivity index (χ2n) is 7.04. The van der Waals surface area contributed by atoms with E-state index in [4.69, 9.17) is 5.73 Å². The molecule has 1 fully saturated rings. The van der Waals surface area contributed by atoms with Crippen molar-refractivity contribution >= 4 is 49.8 Å². The number of hydrogen-bond donors (Lipinski definition) is 3. The summed E-state index contributed by atoms with van der Waals surface area (Å²) in [5.74, 6) is -0.211. The number of pyridine rings is 2. The molecule has 3 aromatic heterocycles. The van der Waals surface area contributed by atoms with Crippen molar-refractivity contribution in [3.05, 3.63) is 51.0 Å². The fourth-order valence-electron chi connectivity index (χ4n) is 3.53. The van der Waals surface area contributed by atoms with Crippen LogP contribution in [0.5, 0.6) is 0 Å². The van der Waals surface area contributed by atoms with E-state index >= 15 is 0 Å². The van der Waals surface area contributed by atoms with Crippen molar-refractivity contribution in [2.75, 3.05) is 5.32 Å². The summed E-state index contributed by atoms with van der Waals surface area (Å²) in [5.41, 5.74) is 7.86. The molecule has 0 aliphatic heterocycles. The number of amides is 1. The zero-order valence-corrected chi connectivity index (χ0v) is 17.7. The number of halogens is 1. The van der Waals surface area contributed by atoms with E-state index in [9.17, 15) is 4.79 Å². The number of hydrogen-bond acceptors (Lipinski definition) is 6. The van der Waals surface area contributed by atoms with Crippen LogP contribution >= 0.6 is 27.3 Å². The van der Waals surface area contributed by atoms with Gasteiger partial charge in [0.25, 0.3) is 5.91 Å². The molecule has 146 valence electrons. The van der Waals surface area contributed by atoms with E-state index in [0.717, 1.165) is 41.5 Å². The highest BCUT2D eigenvalue weighted by atomic mass is 79.9. The largest absolute Gasteiger partial charge is 0.379 e. The normalized spacial score (nSPS) is 19.5. The maximum absolute atomic E-state index is 13.0. The highest BCUT2D eigenvalue weighted by Crippen LogP contribution is 2.32. The minimum absolute atomic E-state index is 0.211. The van der Waals surface area contributed by atoms with Crippen LogP contribution in [0, 0.1) is 0 Å². The maximum Gasteiger partial charge on any atom is 0.272 e. The van der Waals surface area contributed by atoms with Crippen molar-refractivity contribution in [2.24, 2.45) is 5.73 Å². The lowest BCUT2D eigenvalue weighted by molar-refractivity contribution is 0.0947. The van der Waals surface area contributed by atoms with Gasteiger partial charge in [0.1, 0.15) is 4.60 Å². The molecule has 0 radical (unpaired) electrons. The summed E-state index contributed by atoms with van der Waals surface area (Å²) >= 11 is 5.11. The summed E-state index contributed by atoms with van der Waals surface area (Å²) in [4.78, 5) is 23.2. The third kappa shape index (κ3) is 4.19. The van der Waals surface area contributed by atoms with E-state index in [0.29, 0.717) is 22.5 Å². The Morgan fingerprint density at radius 1 is 1.25 bits per heavy atom. The highest BCUT2D eigenvalue weighted by molar-refractivity contribution is 9.10. The van der Waals surface area contributed by atoms with Gasteiger partial charge in [-0.1, -0.05) is 6.07 Å². The molecular weight excluding hydrogens is 438 g/mol. The van der Waals surface area contributed by atoms with Crippen LogP contribution in [0.4, 0.5) is 5.69 Å². The molecule has 6 nitrogen and oxygen atoms in total. The van der Waals surface area contributed by atoms with Crippen molar-refractivity contribution in [1.29, 1.82) is 0 Å². The van der Waals surface area contributed by atoms with E-state index in [-0.39, 0.29) is 18.0 Å². The predicted octanol–water partition coefficient (Wildman–Crippen LogP) is 4.07. The van der Waals surface area contributed by atoms with Crippen LogP contribution in [0.15, 0.2) is 40.4 Å². The van der Waals surface area contributed by atoms with Crippen molar-refractivity contribution in [3.63, 3.8) is 0 Å². The zero-order valence-electron chi connectivity index (χ0n) is 15.3. The van der Waals surface area contributed by atoms with Gasteiger partial charge in [-0.2, -0.15) is 0 Å². The van der Waals surface area contributed by atoms with Crippen LogP contribution in [-0.4, -0.2) is 28.0 Å². The lowest BCUT2D eigenvalue weighted by Gasteiger charge is -2.28. The van der Waals surface area contributed by atoms with Crippen LogP contribution in [0.3, 0.4) is 0 Å². The van der Waals surface area contributed by atoms with Crippen LogP contribution < -0.4 is 16.4 Å². The van der Waals surface area contributed by atoms with Crippen LogP contribution in [0.1, 0.15) is 41.0 Å². The van der Waals surface area contributed by atoms with Gasteiger partial charge >= 0.3 is 0 Å². The smallest absolute Gasteiger partial charge is 0.272 e. The predicted molar refractivity (Wildman–Crippen MR) is 117 cm³/mol. The number of carbonyl (C=O) groups is 1. The first-order chi connectivity index (χ1) is 13.6. The molecule has 0 atom stereocenters. The molecule has 0 saturated heterocycles. The first-order valence-corrected chi connectivity index (χ1v) is 11.1. The molecule has 1 saturated carbocycles. The van der Waals surface area contributed by atoms with Gasteiger partial charge in [0.15, 0.2) is 5.69 Å². The van der Waals surface area contributed by atoms with E-state index < -0.39 is 0 Å². The Morgan fingerprint density at radius 3 is 2.82 bits per heavy atom. The van der Waals surface area contributed by atoms with Gasteiger partial charge in [-0.25, -0.2) is 4.98 Å². The van der Waals surface area contributed by atoms with E-state index in [1.165, 1.54) is 0 Å². The summed E-state index contributed by atoms with van der Waals surface area (Å²) in [6, 6.07) is 8.33. The van der Waals surface area contributed by atoms with Crippen LogP contribution in [-0.2, 0) is 6.54 Å². The molecule has 4 N–H and O–H groups in total. The summed E-state index contributed by atoms with van der Waals surface area (Å²) in [5, 5.41) is 9.41. The molecule has 4 rings (SSSR count). The average molecular weight is 460 g/mol. The van der Waals surface area contributed by atoms with Crippen LogP contribution in [0.25, 0.3) is 10.9 Å². The SMILES string of the molecule is NC1CCC(Nc2c(C(=O)NCc3cccs3)nc(Br)c3cccnc23)CC1. The Labute approximate surface area is 176 Å². The summed E-state index contributed by atoms with van der Waals surface area (Å²) in [6.07, 6.45) is 5.65. The molecule has 1 aliphatic rings. The lowest BCUT2D eigenvalue weighted by Crippen LogP contribution is -2.34. The Bertz CT molecular complexity index is 970. The maximum atomic E-state index is 13.0. The van der Waals surface area contributed by atoms with Gasteiger partial charge < -0.3 is 16.4 Å². The van der Waals surface area contributed by atoms with E-state index in [1.807, 2.05) is 29.6 Å². The Balaban J connectivity index is 1.66. The number of thiophene rings is 1. The molecule has 1 aliphatic carbocycles. The highest BCUT2D eigenvalue weighted by Gasteiger charge is 2.24. The molecule has 0 unspecified atom stereocenters.